The zero-order valence-electron chi connectivity index (χ0n) is 10.8. The molecule has 2 rings (SSSR count). The largest absolute Gasteiger partial charge is 0.504 e. The van der Waals surface area contributed by atoms with E-state index in [2.05, 4.69) is 19.9 Å². The zero-order chi connectivity index (χ0) is 13.0. The molecule has 0 atom stereocenters. The Bertz CT molecular complexity index is 532. The van der Waals surface area contributed by atoms with Crippen molar-refractivity contribution in [2.24, 2.45) is 0 Å². The molecule has 0 unspecified atom stereocenters. The SMILES string of the molecule is CCc1cccc(Oc2ccccc2O)c1CC. The van der Waals surface area contributed by atoms with Crippen molar-refractivity contribution < 1.29 is 9.84 Å². The maximum Gasteiger partial charge on any atom is 0.169 e. The number of hydrogen-bond acceptors (Lipinski definition) is 2. The minimum Gasteiger partial charge on any atom is -0.504 e. The van der Waals surface area contributed by atoms with Crippen LogP contribution in [0.2, 0.25) is 0 Å². The molecule has 0 saturated heterocycles. The summed E-state index contributed by atoms with van der Waals surface area (Å²) in [5.41, 5.74) is 2.51. The van der Waals surface area contributed by atoms with E-state index in [1.165, 1.54) is 11.1 Å². The molecule has 0 saturated carbocycles. The van der Waals surface area contributed by atoms with E-state index in [-0.39, 0.29) is 5.75 Å². The van der Waals surface area contributed by atoms with E-state index >= 15 is 0 Å². The van der Waals surface area contributed by atoms with Crippen LogP contribution in [0.3, 0.4) is 0 Å². The topological polar surface area (TPSA) is 29.5 Å². The highest BCUT2D eigenvalue weighted by atomic mass is 16.5. The monoisotopic (exact) mass is 242 g/mol. The number of aryl methyl sites for hydroxylation is 1. The summed E-state index contributed by atoms with van der Waals surface area (Å²) in [7, 11) is 0. The fourth-order valence-corrected chi connectivity index (χ4v) is 2.10. The third-order valence-electron chi connectivity index (χ3n) is 3.05. The van der Waals surface area contributed by atoms with Gasteiger partial charge in [0, 0.05) is 0 Å². The molecule has 2 nitrogen and oxygen atoms in total. The van der Waals surface area contributed by atoms with Crippen molar-refractivity contribution in [1.29, 1.82) is 0 Å². The molecule has 94 valence electrons. The van der Waals surface area contributed by atoms with Crippen LogP contribution in [-0.4, -0.2) is 5.11 Å². The van der Waals surface area contributed by atoms with Gasteiger partial charge in [0.15, 0.2) is 11.5 Å². The first-order valence-corrected chi connectivity index (χ1v) is 6.32. The van der Waals surface area contributed by atoms with Crippen LogP contribution < -0.4 is 4.74 Å². The molecule has 0 aliphatic carbocycles. The molecule has 0 bridgehead atoms. The van der Waals surface area contributed by atoms with Gasteiger partial charge >= 0.3 is 0 Å². The van der Waals surface area contributed by atoms with Gasteiger partial charge in [-0.1, -0.05) is 38.1 Å². The lowest BCUT2D eigenvalue weighted by Crippen LogP contribution is -1.96. The van der Waals surface area contributed by atoms with Gasteiger partial charge in [0.25, 0.3) is 0 Å². The molecule has 0 aromatic heterocycles. The average Bonchev–Trinajstić information content (AvgIpc) is 2.41. The van der Waals surface area contributed by atoms with Crippen LogP contribution in [0.1, 0.15) is 25.0 Å². The molecule has 2 aromatic rings. The van der Waals surface area contributed by atoms with Crippen molar-refractivity contribution in [2.75, 3.05) is 0 Å². The Morgan fingerprint density at radius 1 is 0.889 bits per heavy atom. The first-order chi connectivity index (χ1) is 8.76. The lowest BCUT2D eigenvalue weighted by molar-refractivity contribution is 0.409. The van der Waals surface area contributed by atoms with E-state index in [0.29, 0.717) is 5.75 Å². The van der Waals surface area contributed by atoms with Crippen LogP contribution in [0, 0.1) is 0 Å². The Balaban J connectivity index is 2.37. The molecule has 0 aliphatic rings. The minimum absolute atomic E-state index is 0.168. The lowest BCUT2D eigenvalue weighted by atomic mass is 10.0. The second-order valence-electron chi connectivity index (χ2n) is 4.17. The summed E-state index contributed by atoms with van der Waals surface area (Å²) >= 11 is 0. The quantitative estimate of drug-likeness (QED) is 0.865. The van der Waals surface area contributed by atoms with Crippen LogP contribution >= 0.6 is 0 Å². The van der Waals surface area contributed by atoms with Gasteiger partial charge in [0.1, 0.15) is 5.75 Å². The second kappa shape index (κ2) is 5.58. The Labute approximate surface area is 108 Å². The minimum atomic E-state index is 0.168. The van der Waals surface area contributed by atoms with Crippen molar-refractivity contribution >= 4 is 0 Å². The number of para-hydroxylation sites is 2. The number of benzene rings is 2. The fourth-order valence-electron chi connectivity index (χ4n) is 2.10. The van der Waals surface area contributed by atoms with E-state index in [4.69, 9.17) is 4.74 Å². The molecule has 0 aliphatic heterocycles. The normalized spacial score (nSPS) is 10.3. The molecule has 18 heavy (non-hydrogen) atoms. The smallest absolute Gasteiger partial charge is 0.169 e. The molecule has 2 aromatic carbocycles. The van der Waals surface area contributed by atoms with Crippen LogP contribution in [0.4, 0.5) is 0 Å². The highest BCUT2D eigenvalue weighted by Crippen LogP contribution is 2.33. The maximum atomic E-state index is 9.74. The fraction of sp³-hybridized carbons (Fsp3) is 0.250. The predicted molar refractivity (Wildman–Crippen MR) is 73.4 cm³/mol. The summed E-state index contributed by atoms with van der Waals surface area (Å²) in [5.74, 6) is 1.50. The molecule has 0 amide bonds. The number of rotatable bonds is 4. The van der Waals surface area contributed by atoms with Crippen molar-refractivity contribution in [3.05, 3.63) is 53.6 Å². The van der Waals surface area contributed by atoms with E-state index < -0.39 is 0 Å². The first-order valence-electron chi connectivity index (χ1n) is 6.32. The van der Waals surface area contributed by atoms with Gasteiger partial charge in [-0.2, -0.15) is 0 Å². The van der Waals surface area contributed by atoms with Gasteiger partial charge < -0.3 is 9.84 Å². The van der Waals surface area contributed by atoms with E-state index in [0.717, 1.165) is 18.6 Å². The number of hydrogen-bond donors (Lipinski definition) is 1. The first kappa shape index (κ1) is 12.5. The predicted octanol–water partition coefficient (Wildman–Crippen LogP) is 4.31. The van der Waals surface area contributed by atoms with Crippen LogP contribution in [-0.2, 0) is 12.8 Å². The number of phenols is 1. The Morgan fingerprint density at radius 2 is 1.61 bits per heavy atom. The standard InChI is InChI=1S/C16H18O2/c1-3-12-8-7-11-15(13(12)4-2)18-16-10-6-5-9-14(16)17/h5-11,17H,3-4H2,1-2H3. The summed E-state index contributed by atoms with van der Waals surface area (Å²) in [6, 6.07) is 13.1. The molecule has 2 heteroatoms. The van der Waals surface area contributed by atoms with Gasteiger partial charge in [0.05, 0.1) is 0 Å². The highest BCUT2D eigenvalue weighted by molar-refractivity contribution is 5.46. The molecule has 0 fully saturated rings. The molecule has 1 N–H and O–H groups in total. The summed E-state index contributed by atoms with van der Waals surface area (Å²) < 4.78 is 5.82. The second-order valence-corrected chi connectivity index (χ2v) is 4.17. The summed E-state index contributed by atoms with van der Waals surface area (Å²) in [5, 5.41) is 9.74. The molecule has 0 spiro atoms. The van der Waals surface area contributed by atoms with Gasteiger partial charge in [-0.3, -0.25) is 0 Å². The van der Waals surface area contributed by atoms with Crippen molar-refractivity contribution in [2.45, 2.75) is 26.7 Å². The average molecular weight is 242 g/mol. The molecular formula is C16H18O2. The van der Waals surface area contributed by atoms with Crippen LogP contribution in [0.25, 0.3) is 0 Å². The van der Waals surface area contributed by atoms with Crippen LogP contribution in [0.5, 0.6) is 17.2 Å². The van der Waals surface area contributed by atoms with E-state index in [1.807, 2.05) is 18.2 Å². The molecule has 0 radical (unpaired) electrons. The Morgan fingerprint density at radius 3 is 2.28 bits per heavy atom. The Kier molecular flexibility index (Phi) is 3.88. The number of phenolic OH excluding ortho intramolecular Hbond substituents is 1. The summed E-state index contributed by atoms with van der Waals surface area (Å²) in [6.45, 7) is 4.25. The summed E-state index contributed by atoms with van der Waals surface area (Å²) in [6.07, 6.45) is 1.91. The van der Waals surface area contributed by atoms with Crippen molar-refractivity contribution in [3.8, 4) is 17.2 Å². The zero-order valence-corrected chi connectivity index (χ0v) is 10.8. The summed E-state index contributed by atoms with van der Waals surface area (Å²) in [4.78, 5) is 0. The van der Waals surface area contributed by atoms with Crippen LogP contribution in [0.15, 0.2) is 42.5 Å². The van der Waals surface area contributed by atoms with Gasteiger partial charge in [-0.25, -0.2) is 0 Å². The highest BCUT2D eigenvalue weighted by Gasteiger charge is 2.09. The lowest BCUT2D eigenvalue weighted by Gasteiger charge is -2.14. The van der Waals surface area contributed by atoms with E-state index in [9.17, 15) is 5.11 Å². The number of aromatic hydroxyl groups is 1. The van der Waals surface area contributed by atoms with Gasteiger partial charge in [0.2, 0.25) is 0 Å². The van der Waals surface area contributed by atoms with Crippen molar-refractivity contribution in [3.63, 3.8) is 0 Å². The number of ether oxygens (including phenoxy) is 1. The van der Waals surface area contributed by atoms with Gasteiger partial charge in [-0.15, -0.1) is 0 Å². The van der Waals surface area contributed by atoms with Gasteiger partial charge in [-0.05, 0) is 42.2 Å². The molecule has 0 heterocycles. The third kappa shape index (κ3) is 2.48. The Hall–Kier alpha value is -1.96. The molecular weight excluding hydrogens is 224 g/mol. The third-order valence-corrected chi connectivity index (χ3v) is 3.05. The van der Waals surface area contributed by atoms with E-state index in [1.54, 1.807) is 18.2 Å². The van der Waals surface area contributed by atoms with Crippen molar-refractivity contribution in [1.82, 2.24) is 0 Å². The maximum absolute atomic E-state index is 9.74.